The van der Waals surface area contributed by atoms with E-state index in [2.05, 4.69) is 15.3 Å². The zero-order chi connectivity index (χ0) is 27.6. The largest absolute Gasteiger partial charge is 0.493 e. The zero-order valence-electron chi connectivity index (χ0n) is 20.9. The van der Waals surface area contributed by atoms with Crippen molar-refractivity contribution >= 4 is 17.1 Å². The summed E-state index contributed by atoms with van der Waals surface area (Å²) in [4.78, 5) is 32.4. The zero-order valence-corrected chi connectivity index (χ0v) is 20.9. The molecular weight excluding hydrogens is 504 g/mol. The number of hydrogen-bond acceptors (Lipinski definition) is 12. The number of imidazole rings is 1. The third-order valence-corrected chi connectivity index (χ3v) is 6.41. The predicted octanol–water partition coefficient (Wildman–Crippen LogP) is -2.71. The van der Waals surface area contributed by atoms with Crippen LogP contribution in [0.15, 0.2) is 27.8 Å². The van der Waals surface area contributed by atoms with Gasteiger partial charge in [0.25, 0.3) is 5.56 Å². The van der Waals surface area contributed by atoms with Gasteiger partial charge in [-0.25, -0.2) is 9.36 Å². The highest BCUT2D eigenvalue weighted by Gasteiger charge is 2.45. The maximum atomic E-state index is 13.4. The summed E-state index contributed by atoms with van der Waals surface area (Å²) in [6.07, 6.45) is -6.12. The number of aliphatic hydroxyl groups is 4. The third kappa shape index (κ3) is 5.24. The van der Waals surface area contributed by atoms with E-state index in [1.807, 2.05) is 12.1 Å². The standard InChI is InChI=1S/C23H32N6O9/c1-36-13-4-3-11(7-14(13)37-2)5-6-25-8-12(31)9-28-16-19(26-22(24)27-20(16)34)29(23(28)35)21-18(33)17(32)15(10-30)38-21/h3-4,7,12,15,17-18,21,25,30-33H,5-6,8-10H2,1-2H3,(H3,24,26,27,34)/t12?,15?,17-,18-,21?/m1/s1. The number of nitrogens with two attached hydrogens (primary N) is 1. The molecule has 1 aliphatic heterocycles. The second-order valence-electron chi connectivity index (χ2n) is 8.91. The lowest BCUT2D eigenvalue weighted by molar-refractivity contribution is -0.0529. The van der Waals surface area contributed by atoms with Gasteiger partial charge in [-0.1, -0.05) is 6.07 Å². The highest BCUT2D eigenvalue weighted by atomic mass is 16.6. The lowest BCUT2D eigenvalue weighted by Gasteiger charge is -2.16. The van der Waals surface area contributed by atoms with Crippen LogP contribution >= 0.6 is 0 Å². The van der Waals surface area contributed by atoms with Crippen LogP contribution in [0.2, 0.25) is 0 Å². The summed E-state index contributed by atoms with van der Waals surface area (Å²) >= 11 is 0. The number of nitrogens with zero attached hydrogens (tertiary/aromatic N) is 3. The summed E-state index contributed by atoms with van der Waals surface area (Å²) in [6.45, 7) is -0.286. The molecule has 0 bridgehead atoms. The van der Waals surface area contributed by atoms with Gasteiger partial charge in [-0.2, -0.15) is 4.98 Å². The summed E-state index contributed by atoms with van der Waals surface area (Å²) in [7, 11) is 3.11. The molecule has 1 aliphatic rings. The number of benzene rings is 1. The minimum Gasteiger partial charge on any atom is -0.493 e. The summed E-state index contributed by atoms with van der Waals surface area (Å²) < 4.78 is 17.9. The number of anilines is 1. The van der Waals surface area contributed by atoms with Crippen molar-refractivity contribution < 1.29 is 34.6 Å². The molecule has 0 saturated carbocycles. The van der Waals surface area contributed by atoms with Gasteiger partial charge in [-0.3, -0.25) is 14.3 Å². The SMILES string of the molecule is COc1ccc(CCNCC(O)Cn2c(=O)n(C3OC(CO)[C@@H](O)[C@H]3O)c3nc(N)[nH]c(=O)c32)cc1OC. The molecule has 4 rings (SSSR count). The summed E-state index contributed by atoms with van der Waals surface area (Å²) in [5.41, 5.74) is 4.72. The van der Waals surface area contributed by atoms with E-state index >= 15 is 0 Å². The summed E-state index contributed by atoms with van der Waals surface area (Å²) in [6, 6.07) is 5.56. The topological polar surface area (TPSA) is 219 Å². The number of aromatic amines is 1. The van der Waals surface area contributed by atoms with Crippen molar-refractivity contribution in [1.82, 2.24) is 24.4 Å². The number of ether oxygens (including phenoxy) is 3. The van der Waals surface area contributed by atoms with Crippen LogP contribution in [-0.2, 0) is 17.7 Å². The molecule has 15 heteroatoms. The molecule has 38 heavy (non-hydrogen) atoms. The molecule has 1 aromatic carbocycles. The normalized spacial score (nSPS) is 22.2. The lowest BCUT2D eigenvalue weighted by Crippen LogP contribution is -2.38. The van der Waals surface area contributed by atoms with Gasteiger partial charge in [-0.15, -0.1) is 0 Å². The molecule has 0 spiro atoms. The number of aromatic nitrogens is 4. The number of nitrogens with one attached hydrogen (secondary N) is 2. The van der Waals surface area contributed by atoms with Gasteiger partial charge in [0.15, 0.2) is 28.9 Å². The lowest BCUT2D eigenvalue weighted by atomic mass is 10.1. The van der Waals surface area contributed by atoms with Crippen molar-refractivity contribution in [2.75, 3.05) is 39.6 Å². The Morgan fingerprint density at radius 1 is 1.21 bits per heavy atom. The average Bonchev–Trinajstić information content (AvgIpc) is 3.33. The molecule has 5 atom stereocenters. The number of H-pyrrole nitrogens is 1. The molecule has 0 radical (unpaired) electrons. The van der Waals surface area contributed by atoms with E-state index in [-0.39, 0.29) is 30.2 Å². The molecule has 0 amide bonds. The minimum atomic E-state index is -1.59. The van der Waals surface area contributed by atoms with Crippen LogP contribution in [0.4, 0.5) is 5.95 Å². The number of fused-ring (bicyclic) bond motifs is 1. The molecule has 8 N–H and O–H groups in total. The molecule has 1 fully saturated rings. The Kier molecular flexibility index (Phi) is 8.35. The molecule has 15 nitrogen and oxygen atoms in total. The molecule has 3 heterocycles. The second kappa shape index (κ2) is 11.5. The van der Waals surface area contributed by atoms with Crippen molar-refractivity contribution in [3.8, 4) is 11.5 Å². The first-order valence-corrected chi connectivity index (χ1v) is 11.9. The van der Waals surface area contributed by atoms with E-state index < -0.39 is 48.5 Å². The van der Waals surface area contributed by atoms with Crippen molar-refractivity contribution in [1.29, 1.82) is 0 Å². The smallest absolute Gasteiger partial charge is 0.332 e. The number of nitrogen functional groups attached to an aromatic ring is 1. The van der Waals surface area contributed by atoms with E-state index in [1.54, 1.807) is 20.3 Å². The van der Waals surface area contributed by atoms with Crippen LogP contribution in [0, 0.1) is 0 Å². The van der Waals surface area contributed by atoms with Gasteiger partial charge in [0.1, 0.15) is 18.3 Å². The highest BCUT2D eigenvalue weighted by Crippen LogP contribution is 2.30. The summed E-state index contributed by atoms with van der Waals surface area (Å²) in [5, 5.41) is 43.8. The van der Waals surface area contributed by atoms with Crippen LogP contribution in [0.1, 0.15) is 11.8 Å². The molecule has 0 aliphatic carbocycles. The Morgan fingerprint density at radius 2 is 1.95 bits per heavy atom. The second-order valence-corrected chi connectivity index (χ2v) is 8.91. The van der Waals surface area contributed by atoms with Crippen LogP contribution < -0.4 is 31.8 Å². The number of aliphatic hydroxyl groups excluding tert-OH is 4. The third-order valence-electron chi connectivity index (χ3n) is 6.41. The van der Waals surface area contributed by atoms with Crippen LogP contribution in [0.3, 0.4) is 0 Å². The summed E-state index contributed by atoms with van der Waals surface area (Å²) in [5.74, 6) is 0.944. The first kappa shape index (κ1) is 27.6. The number of rotatable bonds is 11. The van der Waals surface area contributed by atoms with Gasteiger partial charge in [0, 0.05) is 6.54 Å². The predicted molar refractivity (Wildman–Crippen MR) is 134 cm³/mol. The molecule has 3 aromatic rings. The van der Waals surface area contributed by atoms with Gasteiger partial charge in [0.2, 0.25) is 5.95 Å². The van der Waals surface area contributed by atoms with E-state index in [0.29, 0.717) is 24.5 Å². The Balaban J connectivity index is 1.50. The first-order chi connectivity index (χ1) is 18.2. The minimum absolute atomic E-state index is 0.0978. The monoisotopic (exact) mass is 536 g/mol. The Morgan fingerprint density at radius 3 is 2.61 bits per heavy atom. The van der Waals surface area contributed by atoms with Crippen molar-refractivity contribution in [2.45, 2.75) is 43.6 Å². The van der Waals surface area contributed by atoms with E-state index in [4.69, 9.17) is 19.9 Å². The van der Waals surface area contributed by atoms with Gasteiger partial charge < -0.3 is 45.7 Å². The average molecular weight is 537 g/mol. The fourth-order valence-electron chi connectivity index (χ4n) is 4.50. The molecule has 2 aromatic heterocycles. The van der Waals surface area contributed by atoms with Gasteiger partial charge in [-0.05, 0) is 30.7 Å². The van der Waals surface area contributed by atoms with Crippen molar-refractivity contribution in [3.63, 3.8) is 0 Å². The van der Waals surface area contributed by atoms with Gasteiger partial charge >= 0.3 is 5.69 Å². The Labute approximate surface area is 216 Å². The van der Waals surface area contributed by atoms with Crippen molar-refractivity contribution in [2.24, 2.45) is 0 Å². The highest BCUT2D eigenvalue weighted by molar-refractivity contribution is 5.71. The maximum Gasteiger partial charge on any atom is 0.332 e. The van der Waals surface area contributed by atoms with Crippen LogP contribution in [0.5, 0.6) is 11.5 Å². The van der Waals surface area contributed by atoms with E-state index in [0.717, 1.165) is 14.7 Å². The molecule has 3 unspecified atom stereocenters. The van der Waals surface area contributed by atoms with E-state index in [1.165, 1.54) is 0 Å². The molecule has 208 valence electrons. The molecular formula is C23H32N6O9. The van der Waals surface area contributed by atoms with Crippen molar-refractivity contribution in [3.05, 3.63) is 44.6 Å². The van der Waals surface area contributed by atoms with Gasteiger partial charge in [0.05, 0.1) is 33.5 Å². The first-order valence-electron chi connectivity index (χ1n) is 11.9. The Bertz CT molecular complexity index is 1390. The quantitative estimate of drug-likeness (QED) is 0.124. The van der Waals surface area contributed by atoms with Crippen LogP contribution in [-0.4, -0.2) is 97.9 Å². The number of methoxy groups -OCH3 is 2. The fraction of sp³-hybridized carbons (Fsp3) is 0.522. The Hall–Kier alpha value is -3.47. The fourth-order valence-corrected chi connectivity index (χ4v) is 4.50. The maximum absolute atomic E-state index is 13.4. The molecule has 1 saturated heterocycles. The van der Waals surface area contributed by atoms with E-state index in [9.17, 15) is 30.0 Å². The number of hydrogen-bond donors (Lipinski definition) is 7. The van der Waals surface area contributed by atoms with Crippen LogP contribution in [0.25, 0.3) is 11.2 Å².